The van der Waals surface area contributed by atoms with Crippen molar-refractivity contribution in [3.63, 3.8) is 0 Å². The third kappa shape index (κ3) is 7.34. The molecule has 10 nitrogen and oxygen atoms in total. The number of pyridine rings is 1. The fourth-order valence-electron chi connectivity index (χ4n) is 6.26. The highest BCUT2D eigenvalue weighted by molar-refractivity contribution is 6.04. The highest BCUT2D eigenvalue weighted by Crippen LogP contribution is 2.59. The molecule has 252 valence electrons. The second-order valence-corrected chi connectivity index (χ2v) is 12.6. The monoisotopic (exact) mass is 659 g/mol. The summed E-state index contributed by atoms with van der Waals surface area (Å²) in [6.07, 6.45) is 2.42. The van der Waals surface area contributed by atoms with E-state index in [1.807, 2.05) is 13.8 Å². The molecule has 1 aliphatic carbocycles. The summed E-state index contributed by atoms with van der Waals surface area (Å²) in [5, 5.41) is 9.44. The molecule has 6 rings (SSSR count). The number of anilines is 2. The van der Waals surface area contributed by atoms with Crippen molar-refractivity contribution >= 4 is 34.1 Å². The van der Waals surface area contributed by atoms with Crippen molar-refractivity contribution in [3.8, 4) is 23.0 Å². The van der Waals surface area contributed by atoms with E-state index >= 15 is 4.39 Å². The highest BCUT2D eigenvalue weighted by atomic mass is 19.1. The summed E-state index contributed by atoms with van der Waals surface area (Å²) in [6, 6.07) is 14.7. The second-order valence-electron chi connectivity index (χ2n) is 12.6. The van der Waals surface area contributed by atoms with Crippen LogP contribution in [0.3, 0.4) is 0 Å². The number of nitrogens with one attached hydrogen (secondary N) is 3. The average molecular weight is 660 g/mol. The van der Waals surface area contributed by atoms with E-state index in [9.17, 15) is 14.0 Å². The van der Waals surface area contributed by atoms with Crippen molar-refractivity contribution in [2.24, 2.45) is 17.3 Å². The number of amides is 2. The maximum Gasteiger partial charge on any atom is 0.228 e. The number of hydrogen-bond acceptors (Lipinski definition) is 8. The van der Waals surface area contributed by atoms with Gasteiger partial charge in [-0.1, -0.05) is 13.8 Å². The zero-order chi connectivity index (χ0) is 33.8. The van der Waals surface area contributed by atoms with Gasteiger partial charge in [-0.25, -0.2) is 8.78 Å². The van der Waals surface area contributed by atoms with E-state index in [1.54, 1.807) is 37.6 Å². The van der Waals surface area contributed by atoms with Gasteiger partial charge in [0.25, 0.3) is 0 Å². The minimum absolute atomic E-state index is 0.0434. The SMILES string of the molecule is COc1cc2nccc(Oc3ccc(NC(=O)[C@H]4[C@@H](C(=O)Nc5ccc(F)cc5)C4(C)C)cc3F)c2cc1OCCCN1CCNCC1. The van der Waals surface area contributed by atoms with E-state index in [0.717, 1.165) is 39.1 Å². The molecule has 2 aliphatic rings. The molecule has 1 saturated carbocycles. The summed E-state index contributed by atoms with van der Waals surface area (Å²) in [7, 11) is 1.57. The van der Waals surface area contributed by atoms with Gasteiger partial charge in [0.15, 0.2) is 23.1 Å². The predicted molar refractivity (Wildman–Crippen MR) is 179 cm³/mol. The Kier molecular flexibility index (Phi) is 9.74. The van der Waals surface area contributed by atoms with Crippen LogP contribution in [0.1, 0.15) is 20.3 Å². The van der Waals surface area contributed by atoms with Crippen LogP contribution in [0.15, 0.2) is 66.9 Å². The standard InChI is InChI=1S/C36H39F2N5O5/c1-36(2)32(34(44)41-23-7-5-22(37)6-8-23)33(36)35(45)42-24-9-10-29(26(38)19-24)48-28-11-12-40-27-21-30(46-3)31(20-25(27)28)47-18-4-15-43-16-13-39-14-17-43/h5-12,19-21,32-33,39H,4,13-18H2,1-3H3,(H,41,44)(H,42,45)/t32-,33+/m0/s1. The van der Waals surface area contributed by atoms with Crippen LogP contribution < -0.4 is 30.2 Å². The van der Waals surface area contributed by atoms with Gasteiger partial charge >= 0.3 is 0 Å². The molecule has 0 radical (unpaired) electrons. The topological polar surface area (TPSA) is 114 Å². The van der Waals surface area contributed by atoms with Crippen molar-refractivity contribution < 1.29 is 32.6 Å². The number of methoxy groups -OCH3 is 1. The first-order chi connectivity index (χ1) is 23.1. The van der Waals surface area contributed by atoms with Gasteiger partial charge in [-0.3, -0.25) is 14.6 Å². The van der Waals surface area contributed by atoms with E-state index < -0.39 is 34.8 Å². The van der Waals surface area contributed by atoms with Crippen molar-refractivity contribution in [1.29, 1.82) is 0 Å². The first kappa shape index (κ1) is 33.1. The molecule has 0 unspecified atom stereocenters. The Morgan fingerprint density at radius 1 is 0.896 bits per heavy atom. The number of ether oxygens (including phenoxy) is 3. The lowest BCUT2D eigenvalue weighted by Crippen LogP contribution is -2.43. The van der Waals surface area contributed by atoms with Crippen LogP contribution in [-0.4, -0.2) is 68.1 Å². The van der Waals surface area contributed by atoms with Gasteiger partial charge in [-0.15, -0.1) is 0 Å². The maximum absolute atomic E-state index is 15.4. The van der Waals surface area contributed by atoms with Crippen LogP contribution in [-0.2, 0) is 9.59 Å². The lowest BCUT2D eigenvalue weighted by atomic mass is 10.1. The molecule has 3 aromatic carbocycles. The van der Waals surface area contributed by atoms with Gasteiger partial charge in [-0.2, -0.15) is 0 Å². The molecule has 48 heavy (non-hydrogen) atoms. The highest BCUT2D eigenvalue weighted by Gasteiger charge is 2.65. The van der Waals surface area contributed by atoms with Crippen molar-refractivity contribution in [1.82, 2.24) is 15.2 Å². The lowest BCUT2D eigenvalue weighted by Gasteiger charge is -2.27. The van der Waals surface area contributed by atoms with Crippen LogP contribution in [0.25, 0.3) is 10.9 Å². The van der Waals surface area contributed by atoms with E-state index in [1.165, 1.54) is 36.4 Å². The van der Waals surface area contributed by atoms with Gasteiger partial charge in [0.05, 0.1) is 31.1 Å². The summed E-state index contributed by atoms with van der Waals surface area (Å²) < 4.78 is 46.3. The van der Waals surface area contributed by atoms with E-state index in [4.69, 9.17) is 14.2 Å². The molecule has 2 amide bonds. The number of fused-ring (bicyclic) bond motifs is 1. The molecular formula is C36H39F2N5O5. The summed E-state index contributed by atoms with van der Waals surface area (Å²) in [5.74, 6) is -1.67. The Hall–Kier alpha value is -4.81. The molecule has 4 aromatic rings. The summed E-state index contributed by atoms with van der Waals surface area (Å²) in [5.41, 5.74) is 0.638. The molecule has 1 saturated heterocycles. The smallest absolute Gasteiger partial charge is 0.228 e. The number of carbonyl (C=O) groups is 2. The largest absolute Gasteiger partial charge is 0.493 e. The Morgan fingerprint density at radius 3 is 2.27 bits per heavy atom. The lowest BCUT2D eigenvalue weighted by molar-refractivity contribution is -0.122. The normalized spacial score (nSPS) is 18.6. The molecule has 2 fully saturated rings. The minimum atomic E-state index is -0.684. The Bertz CT molecular complexity index is 1800. The first-order valence-electron chi connectivity index (χ1n) is 16.0. The molecule has 1 aliphatic heterocycles. The molecule has 0 bridgehead atoms. The van der Waals surface area contributed by atoms with Crippen molar-refractivity contribution in [3.05, 3.63) is 78.5 Å². The zero-order valence-corrected chi connectivity index (χ0v) is 27.1. The summed E-state index contributed by atoms with van der Waals surface area (Å²) >= 11 is 0. The van der Waals surface area contributed by atoms with E-state index in [-0.39, 0.29) is 17.3 Å². The molecule has 0 spiro atoms. The number of hydrogen-bond donors (Lipinski definition) is 3. The van der Waals surface area contributed by atoms with Crippen LogP contribution >= 0.6 is 0 Å². The molecule has 3 N–H and O–H groups in total. The Labute approximate surface area is 277 Å². The molecule has 1 aromatic heterocycles. The third-order valence-electron chi connectivity index (χ3n) is 9.00. The average Bonchev–Trinajstić information content (AvgIpc) is 3.67. The van der Waals surface area contributed by atoms with Crippen molar-refractivity contribution in [2.45, 2.75) is 20.3 Å². The fourth-order valence-corrected chi connectivity index (χ4v) is 6.26. The molecule has 2 heterocycles. The van der Waals surface area contributed by atoms with Gasteiger partial charge in [-0.05, 0) is 60.4 Å². The third-order valence-corrected chi connectivity index (χ3v) is 9.00. The number of halogens is 2. The maximum atomic E-state index is 15.4. The number of aromatic nitrogens is 1. The van der Waals surface area contributed by atoms with Crippen LogP contribution in [0.5, 0.6) is 23.0 Å². The molecule has 2 atom stereocenters. The second kappa shape index (κ2) is 14.1. The van der Waals surface area contributed by atoms with E-state index in [0.29, 0.717) is 40.4 Å². The van der Waals surface area contributed by atoms with Gasteiger partial charge in [0.2, 0.25) is 11.8 Å². The summed E-state index contributed by atoms with van der Waals surface area (Å²) in [6.45, 7) is 9.11. The van der Waals surface area contributed by atoms with Crippen LogP contribution in [0, 0.1) is 28.9 Å². The molecule has 12 heteroatoms. The number of nitrogens with zero attached hydrogens (tertiary/aromatic N) is 2. The summed E-state index contributed by atoms with van der Waals surface area (Å²) in [4.78, 5) is 32.9. The van der Waals surface area contributed by atoms with Gasteiger partial charge in [0, 0.05) is 67.8 Å². The number of piperazine rings is 1. The fraction of sp³-hybridized carbons (Fsp3) is 0.361. The minimum Gasteiger partial charge on any atom is -0.493 e. The van der Waals surface area contributed by atoms with Crippen LogP contribution in [0.2, 0.25) is 0 Å². The van der Waals surface area contributed by atoms with Gasteiger partial charge < -0.3 is 35.1 Å². The van der Waals surface area contributed by atoms with Crippen LogP contribution in [0.4, 0.5) is 20.2 Å². The van der Waals surface area contributed by atoms with Crippen molar-refractivity contribution in [2.75, 3.05) is 57.1 Å². The zero-order valence-electron chi connectivity index (χ0n) is 27.1. The van der Waals surface area contributed by atoms with Gasteiger partial charge in [0.1, 0.15) is 11.6 Å². The number of benzene rings is 3. The predicted octanol–water partition coefficient (Wildman–Crippen LogP) is 5.84. The Balaban J connectivity index is 1.10. The number of carbonyl (C=O) groups excluding carboxylic acids is 2. The Morgan fingerprint density at radius 2 is 1.58 bits per heavy atom. The van der Waals surface area contributed by atoms with E-state index in [2.05, 4.69) is 25.8 Å². The quantitative estimate of drug-likeness (QED) is 0.163. The molecular weight excluding hydrogens is 620 g/mol. The number of rotatable bonds is 12. The first-order valence-corrected chi connectivity index (χ1v) is 16.0.